The normalized spacial score (nSPS) is 16.4. The van der Waals surface area contributed by atoms with Gasteiger partial charge in [0, 0.05) is 24.5 Å². The average molecular weight is 406 g/mol. The average Bonchev–Trinajstić information content (AvgIpc) is 3.28. The number of nitrogens with one attached hydrogen (secondary N) is 1. The van der Waals surface area contributed by atoms with Crippen molar-refractivity contribution in [1.82, 2.24) is 20.1 Å². The van der Waals surface area contributed by atoms with E-state index in [1.54, 1.807) is 38.6 Å². The van der Waals surface area contributed by atoms with Crippen molar-refractivity contribution in [2.75, 3.05) is 20.8 Å². The van der Waals surface area contributed by atoms with Gasteiger partial charge >= 0.3 is 0 Å². The van der Waals surface area contributed by atoms with Crippen LogP contribution in [0, 0.1) is 6.92 Å². The van der Waals surface area contributed by atoms with E-state index in [1.165, 1.54) is 0 Å². The molecule has 3 aromatic rings. The van der Waals surface area contributed by atoms with E-state index in [-0.39, 0.29) is 11.9 Å². The van der Waals surface area contributed by atoms with Crippen LogP contribution in [0.3, 0.4) is 0 Å². The Labute approximate surface area is 176 Å². The second-order valence-electron chi connectivity index (χ2n) is 7.46. The van der Waals surface area contributed by atoms with Crippen molar-refractivity contribution in [2.45, 2.75) is 32.2 Å². The molecule has 1 saturated heterocycles. The molecular weight excluding hydrogens is 380 g/mol. The summed E-state index contributed by atoms with van der Waals surface area (Å²) in [6.07, 6.45) is 8.35. The predicted molar refractivity (Wildman–Crippen MR) is 114 cm³/mol. The molecule has 7 nitrogen and oxygen atoms in total. The Kier molecular flexibility index (Phi) is 5.70. The lowest BCUT2D eigenvalue weighted by Crippen LogP contribution is -2.39. The van der Waals surface area contributed by atoms with Crippen molar-refractivity contribution >= 4 is 5.91 Å². The zero-order valence-corrected chi connectivity index (χ0v) is 17.5. The topological polar surface area (TPSA) is 80.3 Å². The van der Waals surface area contributed by atoms with E-state index in [2.05, 4.69) is 15.2 Å². The Morgan fingerprint density at radius 1 is 1.13 bits per heavy atom. The summed E-state index contributed by atoms with van der Waals surface area (Å²) in [4.78, 5) is 19.7. The Morgan fingerprint density at radius 2 is 2.00 bits per heavy atom. The van der Waals surface area contributed by atoms with E-state index >= 15 is 0 Å². The number of hydrogen-bond donors (Lipinski definition) is 1. The van der Waals surface area contributed by atoms with E-state index < -0.39 is 0 Å². The summed E-state index contributed by atoms with van der Waals surface area (Å²) in [5.74, 6) is 1.10. The molecule has 3 heterocycles. The number of piperidine rings is 1. The molecule has 4 rings (SSSR count). The van der Waals surface area contributed by atoms with Crippen molar-refractivity contribution in [3.8, 4) is 22.6 Å². The van der Waals surface area contributed by atoms with Gasteiger partial charge in [0.1, 0.15) is 11.5 Å². The number of carbonyl (C=O) groups is 1. The van der Waals surface area contributed by atoms with Gasteiger partial charge in [-0.25, -0.2) is 0 Å². The van der Waals surface area contributed by atoms with Gasteiger partial charge < -0.3 is 14.4 Å². The minimum atomic E-state index is -0.0905. The van der Waals surface area contributed by atoms with Crippen LogP contribution in [0.25, 0.3) is 11.1 Å². The number of rotatable bonds is 5. The summed E-state index contributed by atoms with van der Waals surface area (Å²) in [6, 6.07) is 7.21. The molecule has 0 bridgehead atoms. The first-order valence-corrected chi connectivity index (χ1v) is 10.1. The minimum absolute atomic E-state index is 0.0672. The lowest BCUT2D eigenvalue weighted by molar-refractivity contribution is 0.0603. The van der Waals surface area contributed by atoms with Crippen molar-refractivity contribution in [1.29, 1.82) is 0 Å². The number of aryl methyl sites for hydroxylation is 1. The maximum Gasteiger partial charge on any atom is 0.258 e. The number of pyridine rings is 1. The van der Waals surface area contributed by atoms with Crippen LogP contribution in [0.5, 0.6) is 11.5 Å². The SMILES string of the molecule is COc1ccc(OC)c(C(=O)N2CCCCC2c2[nH]ncc2-c2ccncc2C)c1. The zero-order valence-electron chi connectivity index (χ0n) is 17.5. The van der Waals surface area contributed by atoms with Crippen molar-refractivity contribution in [2.24, 2.45) is 0 Å². The second kappa shape index (κ2) is 8.57. The third-order valence-corrected chi connectivity index (χ3v) is 5.71. The summed E-state index contributed by atoms with van der Waals surface area (Å²) in [6.45, 7) is 2.71. The monoisotopic (exact) mass is 406 g/mol. The van der Waals surface area contributed by atoms with Gasteiger partial charge in [-0.1, -0.05) is 0 Å². The number of carbonyl (C=O) groups excluding carboxylic acids is 1. The van der Waals surface area contributed by atoms with Crippen molar-refractivity contribution in [3.63, 3.8) is 0 Å². The molecule has 2 aromatic heterocycles. The van der Waals surface area contributed by atoms with Crippen LogP contribution in [0.1, 0.15) is 46.9 Å². The number of nitrogens with zero attached hydrogens (tertiary/aromatic N) is 3. The third kappa shape index (κ3) is 3.63. The van der Waals surface area contributed by atoms with Crippen LogP contribution in [0.2, 0.25) is 0 Å². The minimum Gasteiger partial charge on any atom is -0.497 e. The van der Waals surface area contributed by atoms with Gasteiger partial charge in [0.15, 0.2) is 0 Å². The number of aromatic amines is 1. The van der Waals surface area contributed by atoms with Gasteiger partial charge in [0.2, 0.25) is 0 Å². The molecule has 1 amide bonds. The van der Waals surface area contributed by atoms with Gasteiger partial charge in [-0.15, -0.1) is 0 Å². The highest BCUT2D eigenvalue weighted by atomic mass is 16.5. The van der Waals surface area contributed by atoms with E-state index in [9.17, 15) is 4.79 Å². The molecule has 1 aliphatic heterocycles. The number of hydrogen-bond acceptors (Lipinski definition) is 5. The number of ether oxygens (including phenoxy) is 2. The lowest BCUT2D eigenvalue weighted by Gasteiger charge is -2.36. The van der Waals surface area contributed by atoms with Crippen LogP contribution in [0.15, 0.2) is 42.9 Å². The first-order valence-electron chi connectivity index (χ1n) is 10.1. The molecule has 0 spiro atoms. The molecule has 156 valence electrons. The van der Waals surface area contributed by atoms with E-state index in [0.717, 1.165) is 41.6 Å². The van der Waals surface area contributed by atoms with Crippen LogP contribution >= 0.6 is 0 Å². The number of H-pyrrole nitrogens is 1. The summed E-state index contributed by atoms with van der Waals surface area (Å²) >= 11 is 0. The summed E-state index contributed by atoms with van der Waals surface area (Å²) in [7, 11) is 3.17. The largest absolute Gasteiger partial charge is 0.497 e. The van der Waals surface area contributed by atoms with Gasteiger partial charge in [-0.2, -0.15) is 5.10 Å². The Morgan fingerprint density at radius 3 is 2.77 bits per heavy atom. The fraction of sp³-hybridized carbons (Fsp3) is 0.348. The first kappa shape index (κ1) is 19.9. The number of benzene rings is 1. The molecule has 1 atom stereocenters. The molecule has 7 heteroatoms. The van der Waals surface area contributed by atoms with Crippen LogP contribution in [-0.4, -0.2) is 46.8 Å². The molecule has 1 unspecified atom stereocenters. The molecule has 30 heavy (non-hydrogen) atoms. The van der Waals surface area contributed by atoms with Crippen LogP contribution < -0.4 is 9.47 Å². The number of aromatic nitrogens is 3. The summed E-state index contributed by atoms with van der Waals surface area (Å²) in [5.41, 5.74) is 4.62. The standard InChI is InChI=1S/C23H26N4O3/c1-15-13-24-10-9-17(15)19-14-25-26-22(19)20-6-4-5-11-27(20)23(28)18-12-16(29-2)7-8-21(18)30-3/h7-10,12-14,20H,4-6,11H2,1-3H3,(H,25,26). The van der Waals surface area contributed by atoms with E-state index in [0.29, 0.717) is 23.6 Å². The van der Waals surface area contributed by atoms with Crippen LogP contribution in [-0.2, 0) is 0 Å². The molecular formula is C23H26N4O3. The zero-order chi connectivity index (χ0) is 21.1. The molecule has 0 radical (unpaired) electrons. The quantitative estimate of drug-likeness (QED) is 0.688. The highest BCUT2D eigenvalue weighted by Crippen LogP contribution is 2.38. The molecule has 1 N–H and O–H groups in total. The smallest absolute Gasteiger partial charge is 0.258 e. The molecule has 1 aliphatic rings. The molecule has 1 fully saturated rings. The predicted octanol–water partition coefficient (Wildman–Crippen LogP) is 4.16. The molecule has 0 aliphatic carbocycles. The number of methoxy groups -OCH3 is 2. The molecule has 1 aromatic carbocycles. The van der Waals surface area contributed by atoms with Gasteiger partial charge in [0.25, 0.3) is 5.91 Å². The van der Waals surface area contributed by atoms with Crippen molar-refractivity contribution < 1.29 is 14.3 Å². The molecule has 0 saturated carbocycles. The van der Waals surface area contributed by atoms with E-state index in [1.807, 2.05) is 30.3 Å². The maximum absolute atomic E-state index is 13.6. The third-order valence-electron chi connectivity index (χ3n) is 5.71. The van der Waals surface area contributed by atoms with Crippen molar-refractivity contribution in [3.05, 3.63) is 59.7 Å². The second-order valence-corrected chi connectivity index (χ2v) is 7.46. The lowest BCUT2D eigenvalue weighted by atomic mass is 9.93. The Balaban J connectivity index is 1.73. The fourth-order valence-corrected chi connectivity index (χ4v) is 4.15. The van der Waals surface area contributed by atoms with Gasteiger partial charge in [-0.05, 0) is 61.6 Å². The first-order chi connectivity index (χ1) is 14.6. The Bertz CT molecular complexity index is 1050. The highest BCUT2D eigenvalue weighted by molar-refractivity contribution is 5.97. The number of amides is 1. The summed E-state index contributed by atoms with van der Waals surface area (Å²) < 4.78 is 10.8. The van der Waals surface area contributed by atoms with E-state index in [4.69, 9.17) is 9.47 Å². The number of likely N-dealkylation sites (tertiary alicyclic amines) is 1. The van der Waals surface area contributed by atoms with Gasteiger partial charge in [0.05, 0.1) is 37.7 Å². The fourth-order valence-electron chi connectivity index (χ4n) is 4.15. The van der Waals surface area contributed by atoms with Crippen LogP contribution in [0.4, 0.5) is 0 Å². The summed E-state index contributed by atoms with van der Waals surface area (Å²) in [5, 5.41) is 7.48. The highest BCUT2D eigenvalue weighted by Gasteiger charge is 2.33. The Hall–Kier alpha value is -3.35. The van der Waals surface area contributed by atoms with Gasteiger partial charge in [-0.3, -0.25) is 14.9 Å². The maximum atomic E-state index is 13.6.